The molecule has 0 unspecified atom stereocenters. The maximum absolute atomic E-state index is 10.4. The number of rotatable bonds is 0. The van der Waals surface area contributed by atoms with E-state index in [-0.39, 0.29) is 11.5 Å². The van der Waals surface area contributed by atoms with Gasteiger partial charge in [0.05, 0.1) is 24.7 Å². The zero-order chi connectivity index (χ0) is 11.4. The van der Waals surface area contributed by atoms with Gasteiger partial charge in [-0.05, 0) is 19.3 Å². The van der Waals surface area contributed by atoms with Crippen molar-refractivity contribution < 1.29 is 25.2 Å². The summed E-state index contributed by atoms with van der Waals surface area (Å²) in [4.78, 5) is 0. The van der Waals surface area contributed by atoms with Gasteiger partial charge in [0.1, 0.15) is 0 Å². The first-order chi connectivity index (χ1) is 6.91. The van der Waals surface area contributed by atoms with Crippen LogP contribution in [0.4, 0.5) is 0 Å². The quantitative estimate of drug-likeness (QED) is 0.562. The molecule has 90 valence electrons. The molecule has 0 atom stereocenters. The van der Waals surface area contributed by atoms with Gasteiger partial charge in [-0.2, -0.15) is 16.8 Å². The average molecular weight is 258 g/mol. The number of hydrogen-bond donors (Lipinski definition) is 0. The summed E-state index contributed by atoms with van der Waals surface area (Å²) in [6, 6.07) is 0. The lowest BCUT2D eigenvalue weighted by atomic mass is 10.4. The Hall–Kier alpha value is -0.180. The lowest BCUT2D eigenvalue weighted by molar-refractivity contribution is 0.292. The van der Waals surface area contributed by atoms with E-state index in [1.165, 1.54) is 0 Å². The third-order valence-electron chi connectivity index (χ3n) is 1.85. The van der Waals surface area contributed by atoms with Crippen LogP contribution in [-0.4, -0.2) is 41.6 Å². The summed E-state index contributed by atoms with van der Waals surface area (Å²) in [5, 5.41) is 0. The predicted molar refractivity (Wildman–Crippen MR) is 53.3 cm³/mol. The second kappa shape index (κ2) is 5.24. The maximum atomic E-state index is 10.4. The second-order valence-corrected chi connectivity index (χ2v) is 6.75. The Labute approximate surface area is 89.8 Å². The zero-order valence-corrected chi connectivity index (χ0v) is 9.85. The standard InChI is InChI=1S/C4H8O3S.C3H6O3S/c5-8(6)4-2-1-3-7-8;4-7(5)3-1-2-6-7/h1-4H2;1-3H2. The van der Waals surface area contributed by atoms with Crippen molar-refractivity contribution in [3.05, 3.63) is 0 Å². The van der Waals surface area contributed by atoms with Gasteiger partial charge in [-0.3, -0.25) is 8.37 Å². The fraction of sp³-hybridized carbons (Fsp3) is 1.00. The van der Waals surface area contributed by atoms with Crippen LogP contribution < -0.4 is 0 Å². The zero-order valence-electron chi connectivity index (χ0n) is 8.22. The van der Waals surface area contributed by atoms with Gasteiger partial charge in [0.2, 0.25) is 0 Å². The molecular formula is C7H14O6S2. The third-order valence-corrected chi connectivity index (χ3v) is 4.48. The molecule has 0 aromatic heterocycles. The summed E-state index contributed by atoms with van der Waals surface area (Å²) in [6.07, 6.45) is 2.28. The molecule has 0 aromatic carbocycles. The van der Waals surface area contributed by atoms with Crippen LogP contribution in [0.1, 0.15) is 19.3 Å². The van der Waals surface area contributed by atoms with Crippen LogP contribution in [0.5, 0.6) is 0 Å². The Balaban J connectivity index is 0.000000151. The van der Waals surface area contributed by atoms with Crippen molar-refractivity contribution >= 4 is 20.2 Å². The minimum Gasteiger partial charge on any atom is -0.270 e. The molecule has 2 rings (SSSR count). The first-order valence-corrected chi connectivity index (χ1v) is 7.81. The normalized spacial score (nSPS) is 27.7. The van der Waals surface area contributed by atoms with Crippen molar-refractivity contribution in [2.75, 3.05) is 24.7 Å². The highest BCUT2D eigenvalue weighted by Crippen LogP contribution is 2.06. The lowest BCUT2D eigenvalue weighted by Gasteiger charge is -2.09. The predicted octanol–water partition coefficient (Wildman–Crippen LogP) is -0.137. The molecule has 0 spiro atoms. The van der Waals surface area contributed by atoms with Crippen LogP contribution in [-0.2, 0) is 28.6 Å². The van der Waals surface area contributed by atoms with E-state index in [1.807, 2.05) is 0 Å². The topological polar surface area (TPSA) is 86.7 Å². The molecule has 0 radical (unpaired) electrons. The summed E-state index contributed by atoms with van der Waals surface area (Å²) in [7, 11) is -6.13. The highest BCUT2D eigenvalue weighted by atomic mass is 32.2. The molecule has 2 aliphatic heterocycles. The lowest BCUT2D eigenvalue weighted by Crippen LogP contribution is -2.17. The van der Waals surface area contributed by atoms with Crippen molar-refractivity contribution in [2.45, 2.75) is 19.3 Å². The van der Waals surface area contributed by atoms with Crippen LogP contribution in [0.3, 0.4) is 0 Å². The fourth-order valence-corrected chi connectivity index (χ4v) is 3.11. The van der Waals surface area contributed by atoms with Gasteiger partial charge >= 0.3 is 0 Å². The first kappa shape index (κ1) is 12.9. The van der Waals surface area contributed by atoms with Gasteiger partial charge in [-0.25, -0.2) is 0 Å². The molecule has 15 heavy (non-hydrogen) atoms. The molecule has 0 saturated carbocycles. The van der Waals surface area contributed by atoms with Crippen LogP contribution >= 0.6 is 0 Å². The molecule has 0 amide bonds. The molecule has 0 bridgehead atoms. The van der Waals surface area contributed by atoms with E-state index in [1.54, 1.807) is 0 Å². The van der Waals surface area contributed by atoms with E-state index >= 15 is 0 Å². The molecule has 8 heteroatoms. The van der Waals surface area contributed by atoms with Gasteiger partial charge in [0.15, 0.2) is 0 Å². The van der Waals surface area contributed by atoms with E-state index in [9.17, 15) is 16.8 Å². The highest BCUT2D eigenvalue weighted by molar-refractivity contribution is 7.87. The minimum absolute atomic E-state index is 0.201. The molecule has 2 saturated heterocycles. The van der Waals surface area contributed by atoms with Crippen LogP contribution in [0, 0.1) is 0 Å². The summed E-state index contributed by atoms with van der Waals surface area (Å²) < 4.78 is 50.0. The molecule has 0 aliphatic carbocycles. The highest BCUT2D eigenvalue weighted by Gasteiger charge is 2.17. The molecule has 6 nitrogen and oxygen atoms in total. The Morgan fingerprint density at radius 3 is 1.33 bits per heavy atom. The molecule has 0 N–H and O–H groups in total. The van der Waals surface area contributed by atoms with Gasteiger partial charge < -0.3 is 0 Å². The Morgan fingerprint density at radius 1 is 0.667 bits per heavy atom. The monoisotopic (exact) mass is 258 g/mol. The van der Waals surface area contributed by atoms with E-state index in [4.69, 9.17) is 0 Å². The van der Waals surface area contributed by atoms with Crippen LogP contribution in [0.2, 0.25) is 0 Å². The summed E-state index contributed by atoms with van der Waals surface area (Å²) in [5.41, 5.74) is 0. The average Bonchev–Trinajstić information content (AvgIpc) is 2.51. The minimum atomic E-state index is -3.08. The van der Waals surface area contributed by atoms with Crippen LogP contribution in [0.15, 0.2) is 0 Å². The van der Waals surface area contributed by atoms with E-state index in [2.05, 4.69) is 8.37 Å². The Kier molecular flexibility index (Phi) is 4.50. The van der Waals surface area contributed by atoms with Gasteiger partial charge in [-0.15, -0.1) is 0 Å². The van der Waals surface area contributed by atoms with Crippen molar-refractivity contribution in [3.8, 4) is 0 Å². The van der Waals surface area contributed by atoms with Gasteiger partial charge in [0.25, 0.3) is 20.2 Å². The fourth-order valence-electron chi connectivity index (χ4n) is 1.11. The van der Waals surface area contributed by atoms with Crippen molar-refractivity contribution in [2.24, 2.45) is 0 Å². The van der Waals surface area contributed by atoms with Crippen molar-refractivity contribution in [1.29, 1.82) is 0 Å². The third kappa shape index (κ3) is 5.45. The number of hydrogen-bond acceptors (Lipinski definition) is 6. The van der Waals surface area contributed by atoms with Crippen molar-refractivity contribution in [3.63, 3.8) is 0 Å². The summed E-state index contributed by atoms with van der Waals surface area (Å²) >= 11 is 0. The molecule has 0 aromatic rings. The van der Waals surface area contributed by atoms with Crippen molar-refractivity contribution in [1.82, 2.24) is 0 Å². The SMILES string of the molecule is O=S1(=O)CCCCO1.O=S1(=O)CCCO1. The van der Waals surface area contributed by atoms with E-state index in [0.717, 1.165) is 12.8 Å². The first-order valence-electron chi connectivity index (χ1n) is 4.65. The van der Waals surface area contributed by atoms with E-state index in [0.29, 0.717) is 19.6 Å². The molecule has 2 heterocycles. The summed E-state index contributed by atoms with van der Waals surface area (Å²) in [6.45, 7) is 0.755. The van der Waals surface area contributed by atoms with Crippen LogP contribution in [0.25, 0.3) is 0 Å². The van der Waals surface area contributed by atoms with Gasteiger partial charge in [-0.1, -0.05) is 0 Å². The second-order valence-electron chi connectivity index (χ2n) is 3.23. The Bertz CT molecular complexity index is 358. The smallest absolute Gasteiger partial charge is 0.267 e. The summed E-state index contributed by atoms with van der Waals surface area (Å²) in [5.74, 6) is 0.403. The van der Waals surface area contributed by atoms with E-state index < -0.39 is 20.2 Å². The Morgan fingerprint density at radius 2 is 1.13 bits per heavy atom. The molecule has 2 aliphatic rings. The molecule has 2 fully saturated rings. The maximum Gasteiger partial charge on any atom is 0.267 e. The largest absolute Gasteiger partial charge is 0.270 e. The molecular weight excluding hydrogens is 244 g/mol. The van der Waals surface area contributed by atoms with Gasteiger partial charge in [0, 0.05) is 0 Å².